The molecule has 0 unspecified atom stereocenters. The predicted octanol–water partition coefficient (Wildman–Crippen LogP) is 1.12. The molecule has 20 heavy (non-hydrogen) atoms. The van der Waals surface area contributed by atoms with Crippen LogP contribution in [-0.4, -0.2) is 52.7 Å². The summed E-state index contributed by atoms with van der Waals surface area (Å²) in [6, 6.07) is 8.59. The molecule has 1 aliphatic heterocycles. The molecular weight excluding hydrogens is 250 g/mol. The van der Waals surface area contributed by atoms with E-state index >= 15 is 0 Å². The predicted molar refractivity (Wildman–Crippen MR) is 79.5 cm³/mol. The summed E-state index contributed by atoms with van der Waals surface area (Å²) < 4.78 is 2.01. The zero-order chi connectivity index (χ0) is 13.8. The second kappa shape index (κ2) is 6.17. The lowest BCUT2D eigenvalue weighted by atomic mass is 10.2. The first-order valence-electron chi connectivity index (χ1n) is 7.05. The van der Waals surface area contributed by atoms with Crippen molar-refractivity contribution in [1.82, 2.24) is 24.9 Å². The number of likely N-dealkylation sites (N-methyl/N-ethyl adjacent to an activating group) is 1. The van der Waals surface area contributed by atoms with Gasteiger partial charge in [0.2, 0.25) is 0 Å². The summed E-state index contributed by atoms with van der Waals surface area (Å²) >= 11 is 0. The number of hydrazine groups is 1. The first-order valence-corrected chi connectivity index (χ1v) is 7.05. The average Bonchev–Trinajstić information content (AvgIpc) is 3.01. The van der Waals surface area contributed by atoms with Gasteiger partial charge in [0.1, 0.15) is 0 Å². The van der Waals surface area contributed by atoms with E-state index in [2.05, 4.69) is 51.6 Å². The van der Waals surface area contributed by atoms with Gasteiger partial charge in [-0.25, -0.2) is 9.99 Å². The Morgan fingerprint density at radius 3 is 2.50 bits per heavy atom. The molecule has 0 aliphatic carbocycles. The summed E-state index contributed by atoms with van der Waals surface area (Å²) in [7, 11) is 2.17. The second-order valence-corrected chi connectivity index (χ2v) is 5.26. The number of rotatable bonds is 4. The molecule has 1 N–H and O–H groups in total. The maximum absolute atomic E-state index is 4.06. The van der Waals surface area contributed by atoms with Crippen LogP contribution in [0.2, 0.25) is 0 Å². The third kappa shape index (κ3) is 3.25. The molecule has 0 amide bonds. The molecule has 5 nitrogen and oxygen atoms in total. The van der Waals surface area contributed by atoms with Crippen LogP contribution in [-0.2, 0) is 6.54 Å². The first kappa shape index (κ1) is 13.3. The molecular formula is C15H21N5. The van der Waals surface area contributed by atoms with Crippen molar-refractivity contribution in [3.05, 3.63) is 48.5 Å². The molecule has 0 atom stereocenters. The summed E-state index contributed by atoms with van der Waals surface area (Å²) in [5.74, 6) is 0. The largest absolute Gasteiger partial charge is 0.306 e. The van der Waals surface area contributed by atoms with Crippen molar-refractivity contribution in [3.8, 4) is 5.69 Å². The maximum Gasteiger partial charge on any atom is 0.0991 e. The van der Waals surface area contributed by atoms with E-state index in [0.717, 1.165) is 38.4 Å². The Morgan fingerprint density at radius 2 is 1.85 bits per heavy atom. The van der Waals surface area contributed by atoms with Gasteiger partial charge in [-0.05, 0) is 24.7 Å². The number of imidazole rings is 1. The van der Waals surface area contributed by atoms with Crippen molar-refractivity contribution in [2.24, 2.45) is 0 Å². The maximum atomic E-state index is 4.06. The number of hydrogen-bond acceptors (Lipinski definition) is 4. The molecule has 5 heteroatoms. The summed E-state index contributed by atoms with van der Waals surface area (Å²) in [6.45, 7) is 5.32. The third-order valence-electron chi connectivity index (χ3n) is 3.75. The van der Waals surface area contributed by atoms with Gasteiger partial charge < -0.3 is 9.47 Å². The van der Waals surface area contributed by atoms with Crippen LogP contribution >= 0.6 is 0 Å². The minimum Gasteiger partial charge on any atom is -0.306 e. The zero-order valence-electron chi connectivity index (χ0n) is 11.9. The molecule has 0 bridgehead atoms. The van der Waals surface area contributed by atoms with Crippen LogP contribution in [0, 0.1) is 0 Å². The van der Waals surface area contributed by atoms with Crippen LogP contribution < -0.4 is 5.43 Å². The fourth-order valence-corrected chi connectivity index (χ4v) is 2.37. The monoisotopic (exact) mass is 271 g/mol. The van der Waals surface area contributed by atoms with Gasteiger partial charge in [-0.2, -0.15) is 0 Å². The minimum absolute atomic E-state index is 0.883. The van der Waals surface area contributed by atoms with E-state index in [0.29, 0.717) is 0 Å². The van der Waals surface area contributed by atoms with Crippen LogP contribution in [0.25, 0.3) is 5.69 Å². The van der Waals surface area contributed by atoms with Gasteiger partial charge in [0.15, 0.2) is 0 Å². The van der Waals surface area contributed by atoms with Gasteiger partial charge in [-0.15, -0.1) is 0 Å². The van der Waals surface area contributed by atoms with Crippen molar-refractivity contribution in [3.63, 3.8) is 0 Å². The van der Waals surface area contributed by atoms with Crippen molar-refractivity contribution in [1.29, 1.82) is 0 Å². The normalized spacial score (nSPS) is 17.4. The highest BCUT2D eigenvalue weighted by molar-refractivity contribution is 5.34. The molecule has 3 rings (SSSR count). The van der Waals surface area contributed by atoms with Gasteiger partial charge in [-0.1, -0.05) is 12.1 Å². The lowest BCUT2D eigenvalue weighted by molar-refractivity contribution is 0.102. The smallest absolute Gasteiger partial charge is 0.0991 e. The lowest BCUT2D eigenvalue weighted by Crippen LogP contribution is -2.50. The molecule has 2 aromatic rings. The molecule has 0 radical (unpaired) electrons. The second-order valence-electron chi connectivity index (χ2n) is 5.26. The number of nitrogens with zero attached hydrogens (tertiary/aromatic N) is 4. The van der Waals surface area contributed by atoms with Crippen molar-refractivity contribution in [2.75, 3.05) is 33.2 Å². The van der Waals surface area contributed by atoms with Crippen LogP contribution in [0.5, 0.6) is 0 Å². The molecule has 1 aromatic heterocycles. The Balaban J connectivity index is 1.53. The van der Waals surface area contributed by atoms with Gasteiger partial charge in [0, 0.05) is 50.8 Å². The highest BCUT2D eigenvalue weighted by Gasteiger charge is 2.12. The fraction of sp³-hybridized carbons (Fsp3) is 0.400. The van der Waals surface area contributed by atoms with E-state index < -0.39 is 0 Å². The molecule has 0 saturated carbocycles. The molecule has 106 valence electrons. The van der Waals surface area contributed by atoms with Crippen LogP contribution in [0.4, 0.5) is 0 Å². The Kier molecular flexibility index (Phi) is 4.11. The fourth-order valence-electron chi connectivity index (χ4n) is 2.37. The number of benzene rings is 1. The summed E-state index contributed by atoms with van der Waals surface area (Å²) in [5.41, 5.74) is 5.94. The highest BCUT2D eigenvalue weighted by Crippen LogP contribution is 2.09. The number of aromatic nitrogens is 2. The summed E-state index contributed by atoms with van der Waals surface area (Å²) in [5, 5.41) is 2.31. The van der Waals surface area contributed by atoms with Crippen molar-refractivity contribution >= 4 is 0 Å². The lowest BCUT2D eigenvalue weighted by Gasteiger charge is -2.32. The summed E-state index contributed by atoms with van der Waals surface area (Å²) in [6.07, 6.45) is 5.57. The molecule has 2 heterocycles. The van der Waals surface area contributed by atoms with E-state index in [1.54, 1.807) is 6.20 Å². The van der Waals surface area contributed by atoms with Crippen LogP contribution in [0.1, 0.15) is 5.56 Å². The topological polar surface area (TPSA) is 36.3 Å². The van der Waals surface area contributed by atoms with Gasteiger partial charge in [-0.3, -0.25) is 5.43 Å². The Morgan fingerprint density at radius 1 is 1.10 bits per heavy atom. The van der Waals surface area contributed by atoms with Crippen molar-refractivity contribution < 1.29 is 0 Å². The molecule has 1 saturated heterocycles. The molecule has 0 spiro atoms. The van der Waals surface area contributed by atoms with Gasteiger partial charge in [0.25, 0.3) is 0 Å². The van der Waals surface area contributed by atoms with Crippen molar-refractivity contribution in [2.45, 2.75) is 6.54 Å². The SMILES string of the molecule is CN1CCN(NCc2ccc(-n3ccnc3)cc2)CC1. The molecule has 1 fully saturated rings. The number of hydrogen-bond donors (Lipinski definition) is 1. The quantitative estimate of drug-likeness (QED) is 0.904. The molecule has 1 aliphatic rings. The van der Waals surface area contributed by atoms with E-state index in [4.69, 9.17) is 0 Å². The average molecular weight is 271 g/mol. The summed E-state index contributed by atoms with van der Waals surface area (Å²) in [4.78, 5) is 6.42. The van der Waals surface area contributed by atoms with Crippen LogP contribution in [0.15, 0.2) is 43.0 Å². The van der Waals surface area contributed by atoms with E-state index in [9.17, 15) is 0 Å². The third-order valence-corrected chi connectivity index (χ3v) is 3.75. The Bertz CT molecular complexity index is 512. The number of nitrogens with one attached hydrogen (secondary N) is 1. The van der Waals surface area contributed by atoms with Crippen LogP contribution in [0.3, 0.4) is 0 Å². The Labute approximate surface area is 119 Å². The Hall–Kier alpha value is -1.69. The van der Waals surface area contributed by atoms with E-state index in [-0.39, 0.29) is 0 Å². The molecule has 1 aromatic carbocycles. The first-order chi connectivity index (χ1) is 9.81. The minimum atomic E-state index is 0.883. The van der Waals surface area contributed by atoms with Gasteiger partial charge in [0.05, 0.1) is 6.33 Å². The zero-order valence-corrected chi connectivity index (χ0v) is 11.9. The van der Waals surface area contributed by atoms with Gasteiger partial charge >= 0.3 is 0 Å². The number of piperazine rings is 1. The highest BCUT2D eigenvalue weighted by atomic mass is 15.5. The van der Waals surface area contributed by atoms with E-state index in [1.807, 2.05) is 17.1 Å². The van der Waals surface area contributed by atoms with E-state index in [1.165, 1.54) is 5.56 Å². The standard InChI is InChI=1S/C15H21N5/c1-18-8-10-20(11-9-18)17-12-14-2-4-15(5-3-14)19-7-6-16-13-19/h2-7,13,17H,8-12H2,1H3.